The molecule has 0 radical (unpaired) electrons. The van der Waals surface area contributed by atoms with E-state index in [0.717, 1.165) is 11.2 Å². The van der Waals surface area contributed by atoms with Gasteiger partial charge in [0.25, 0.3) is 0 Å². The number of nitrogens with zero attached hydrogens (tertiary/aromatic N) is 1. The van der Waals surface area contributed by atoms with Crippen molar-refractivity contribution in [2.75, 3.05) is 6.54 Å². The summed E-state index contributed by atoms with van der Waals surface area (Å²) in [7, 11) is 0. The van der Waals surface area contributed by atoms with Crippen LogP contribution < -0.4 is 5.32 Å². The van der Waals surface area contributed by atoms with Gasteiger partial charge in [0.05, 0.1) is 0 Å². The zero-order valence-corrected chi connectivity index (χ0v) is 13.6. The van der Waals surface area contributed by atoms with Gasteiger partial charge in [-0.3, -0.25) is 4.79 Å². The van der Waals surface area contributed by atoms with Crippen molar-refractivity contribution in [3.63, 3.8) is 0 Å². The van der Waals surface area contributed by atoms with Crippen LogP contribution in [0.2, 0.25) is 0 Å². The predicted molar refractivity (Wildman–Crippen MR) is 94.5 cm³/mol. The molecule has 0 bridgehead atoms. The van der Waals surface area contributed by atoms with Crippen LogP contribution in [0.25, 0.3) is 10.9 Å². The Morgan fingerprint density at radius 3 is 2.57 bits per heavy atom. The van der Waals surface area contributed by atoms with Gasteiger partial charge in [-0.05, 0) is 35.9 Å². The van der Waals surface area contributed by atoms with Gasteiger partial charge in [-0.2, -0.15) is 0 Å². The van der Waals surface area contributed by atoms with Gasteiger partial charge in [-0.15, -0.1) is 0 Å². The number of nitrogens with one attached hydrogen (secondary N) is 1. The summed E-state index contributed by atoms with van der Waals surface area (Å²) in [5, 5.41) is 4.23. The molecule has 3 heteroatoms. The summed E-state index contributed by atoms with van der Waals surface area (Å²) in [6.45, 7) is 5.19. The standard InChI is InChI=1S/C20H22N2O/c1-15(17-8-4-3-5-9-17)13-21-20(23)14-22-16(2)12-18-10-6-7-11-19(18)22/h3-12,15H,13-14H2,1-2H3,(H,21,23)/t15-/m1/s1. The second-order valence-corrected chi connectivity index (χ2v) is 6.05. The highest BCUT2D eigenvalue weighted by Crippen LogP contribution is 2.19. The summed E-state index contributed by atoms with van der Waals surface area (Å²) in [6.07, 6.45) is 0. The van der Waals surface area contributed by atoms with Gasteiger partial charge in [-0.25, -0.2) is 0 Å². The van der Waals surface area contributed by atoms with Gasteiger partial charge in [0.15, 0.2) is 0 Å². The monoisotopic (exact) mass is 306 g/mol. The van der Waals surface area contributed by atoms with Crippen molar-refractivity contribution in [3.05, 3.63) is 71.9 Å². The Hall–Kier alpha value is -2.55. The van der Waals surface area contributed by atoms with Gasteiger partial charge in [0, 0.05) is 17.8 Å². The maximum Gasteiger partial charge on any atom is 0.239 e. The predicted octanol–water partition coefficient (Wildman–Crippen LogP) is 3.87. The van der Waals surface area contributed by atoms with Crippen LogP contribution in [0.1, 0.15) is 24.1 Å². The van der Waals surface area contributed by atoms with Crippen molar-refractivity contribution >= 4 is 16.8 Å². The Bertz CT molecular complexity index is 805. The Labute approximate surface area is 136 Å². The third-order valence-electron chi connectivity index (χ3n) is 4.29. The van der Waals surface area contributed by atoms with E-state index in [4.69, 9.17) is 0 Å². The summed E-state index contributed by atoms with van der Waals surface area (Å²) in [5.41, 5.74) is 3.46. The van der Waals surface area contributed by atoms with Crippen molar-refractivity contribution in [2.45, 2.75) is 26.3 Å². The highest BCUT2D eigenvalue weighted by molar-refractivity contribution is 5.84. The molecule has 3 rings (SSSR count). The lowest BCUT2D eigenvalue weighted by molar-refractivity contribution is -0.121. The van der Waals surface area contributed by atoms with Gasteiger partial charge in [0.1, 0.15) is 6.54 Å². The van der Waals surface area contributed by atoms with E-state index in [1.165, 1.54) is 10.9 Å². The molecule has 1 aromatic heterocycles. The summed E-state index contributed by atoms with van der Waals surface area (Å²) in [4.78, 5) is 12.3. The number of aromatic nitrogens is 1. The van der Waals surface area contributed by atoms with E-state index < -0.39 is 0 Å². The van der Waals surface area contributed by atoms with Gasteiger partial charge in [0.2, 0.25) is 5.91 Å². The van der Waals surface area contributed by atoms with Crippen LogP contribution in [-0.2, 0) is 11.3 Å². The molecule has 1 atom stereocenters. The largest absolute Gasteiger partial charge is 0.354 e. The first-order valence-electron chi connectivity index (χ1n) is 8.01. The Morgan fingerprint density at radius 2 is 1.78 bits per heavy atom. The van der Waals surface area contributed by atoms with E-state index in [-0.39, 0.29) is 5.91 Å². The average molecular weight is 306 g/mol. The molecule has 118 valence electrons. The maximum atomic E-state index is 12.3. The van der Waals surface area contributed by atoms with Crippen LogP contribution in [-0.4, -0.2) is 17.0 Å². The number of amides is 1. The molecule has 0 saturated carbocycles. The van der Waals surface area contributed by atoms with Crippen LogP contribution in [0, 0.1) is 6.92 Å². The highest BCUT2D eigenvalue weighted by atomic mass is 16.1. The van der Waals surface area contributed by atoms with Gasteiger partial charge < -0.3 is 9.88 Å². The molecule has 0 fully saturated rings. The molecule has 1 heterocycles. The number of benzene rings is 2. The van der Waals surface area contributed by atoms with E-state index >= 15 is 0 Å². The molecule has 1 N–H and O–H groups in total. The van der Waals surface area contributed by atoms with Crippen LogP contribution in [0.5, 0.6) is 0 Å². The average Bonchev–Trinajstić information content (AvgIpc) is 2.89. The minimum atomic E-state index is 0.0530. The van der Waals surface area contributed by atoms with E-state index in [1.54, 1.807) is 0 Å². The van der Waals surface area contributed by atoms with Crippen molar-refractivity contribution in [3.8, 4) is 0 Å². The minimum Gasteiger partial charge on any atom is -0.354 e. The zero-order valence-electron chi connectivity index (χ0n) is 13.6. The molecule has 3 nitrogen and oxygen atoms in total. The van der Waals surface area contributed by atoms with E-state index in [0.29, 0.717) is 19.0 Å². The first-order valence-corrected chi connectivity index (χ1v) is 8.01. The first kappa shape index (κ1) is 15.3. The summed E-state index contributed by atoms with van der Waals surface area (Å²) >= 11 is 0. The number of hydrogen-bond donors (Lipinski definition) is 1. The Kier molecular flexibility index (Phi) is 4.47. The molecule has 3 aromatic rings. The topological polar surface area (TPSA) is 34.0 Å². The first-order chi connectivity index (χ1) is 11.1. The number of rotatable bonds is 5. The number of hydrogen-bond acceptors (Lipinski definition) is 1. The van der Waals surface area contributed by atoms with E-state index in [2.05, 4.69) is 47.1 Å². The summed E-state index contributed by atoms with van der Waals surface area (Å²) < 4.78 is 2.07. The number of carbonyl (C=O) groups is 1. The smallest absolute Gasteiger partial charge is 0.239 e. The van der Waals surface area contributed by atoms with Crippen molar-refractivity contribution in [2.24, 2.45) is 0 Å². The molecule has 0 unspecified atom stereocenters. The molecule has 0 aliphatic rings. The molecule has 0 spiro atoms. The second kappa shape index (κ2) is 6.69. The second-order valence-electron chi connectivity index (χ2n) is 6.05. The number of carbonyl (C=O) groups excluding carboxylic acids is 1. The molecular weight excluding hydrogens is 284 g/mol. The van der Waals surface area contributed by atoms with Crippen LogP contribution in [0.3, 0.4) is 0 Å². The molecular formula is C20H22N2O. The number of para-hydroxylation sites is 1. The molecule has 1 amide bonds. The lowest BCUT2D eigenvalue weighted by Gasteiger charge is -2.14. The van der Waals surface area contributed by atoms with E-state index in [1.807, 2.05) is 37.3 Å². The minimum absolute atomic E-state index is 0.0530. The third kappa shape index (κ3) is 3.45. The molecule has 0 aliphatic heterocycles. The number of fused-ring (bicyclic) bond motifs is 1. The lowest BCUT2D eigenvalue weighted by atomic mass is 10.0. The Balaban J connectivity index is 1.64. The fourth-order valence-corrected chi connectivity index (χ4v) is 2.92. The molecule has 23 heavy (non-hydrogen) atoms. The fraction of sp³-hybridized carbons (Fsp3) is 0.250. The lowest BCUT2D eigenvalue weighted by Crippen LogP contribution is -2.30. The summed E-state index contributed by atoms with van der Waals surface area (Å²) in [5.74, 6) is 0.361. The Morgan fingerprint density at radius 1 is 1.09 bits per heavy atom. The summed E-state index contributed by atoms with van der Waals surface area (Å²) in [6, 6.07) is 20.6. The molecule has 2 aromatic carbocycles. The zero-order chi connectivity index (χ0) is 16.2. The quantitative estimate of drug-likeness (QED) is 0.763. The molecule has 0 saturated heterocycles. The van der Waals surface area contributed by atoms with Crippen LogP contribution in [0.15, 0.2) is 60.7 Å². The van der Waals surface area contributed by atoms with Gasteiger partial charge in [-0.1, -0.05) is 55.5 Å². The van der Waals surface area contributed by atoms with Crippen molar-refractivity contribution < 1.29 is 4.79 Å². The third-order valence-corrected chi connectivity index (χ3v) is 4.29. The highest BCUT2D eigenvalue weighted by Gasteiger charge is 2.11. The van der Waals surface area contributed by atoms with E-state index in [9.17, 15) is 4.79 Å². The SMILES string of the molecule is Cc1cc2ccccc2n1CC(=O)NC[C@@H](C)c1ccccc1. The normalized spacial score (nSPS) is 12.3. The maximum absolute atomic E-state index is 12.3. The van der Waals surface area contributed by atoms with Crippen molar-refractivity contribution in [1.29, 1.82) is 0 Å². The van der Waals surface area contributed by atoms with Crippen LogP contribution in [0.4, 0.5) is 0 Å². The number of aryl methyl sites for hydroxylation is 1. The van der Waals surface area contributed by atoms with Gasteiger partial charge >= 0.3 is 0 Å². The van der Waals surface area contributed by atoms with Crippen molar-refractivity contribution in [1.82, 2.24) is 9.88 Å². The fourth-order valence-electron chi connectivity index (χ4n) is 2.92. The van der Waals surface area contributed by atoms with Crippen LogP contribution >= 0.6 is 0 Å². The molecule has 0 aliphatic carbocycles.